The summed E-state index contributed by atoms with van der Waals surface area (Å²) >= 11 is 3.35. The van der Waals surface area contributed by atoms with E-state index >= 15 is 0 Å². The molecule has 0 fully saturated rings. The van der Waals surface area contributed by atoms with Gasteiger partial charge in [0.25, 0.3) is 0 Å². The van der Waals surface area contributed by atoms with E-state index in [0.717, 1.165) is 16.6 Å². The molecule has 0 aromatic heterocycles. The minimum absolute atomic E-state index is 0.0625. The topological polar surface area (TPSA) is 67.2 Å². The van der Waals surface area contributed by atoms with Crippen molar-refractivity contribution in [2.24, 2.45) is 0 Å². The monoisotopic (exact) mass is 313 g/mol. The van der Waals surface area contributed by atoms with E-state index in [2.05, 4.69) is 26.6 Å². The zero-order chi connectivity index (χ0) is 13.5. The molecule has 5 heteroatoms. The molecule has 0 heterocycles. The van der Waals surface area contributed by atoms with Crippen molar-refractivity contribution >= 4 is 33.2 Å². The molecule has 18 heavy (non-hydrogen) atoms. The number of hydrogen-bond donors (Lipinski definition) is 3. The molecule has 1 rings (SSSR count). The highest BCUT2D eigenvalue weighted by molar-refractivity contribution is 9.10. The summed E-state index contributed by atoms with van der Waals surface area (Å²) in [5.74, 6) is 0.0625. The zero-order valence-corrected chi connectivity index (χ0v) is 12.4. The van der Waals surface area contributed by atoms with Crippen LogP contribution < -0.4 is 16.4 Å². The summed E-state index contributed by atoms with van der Waals surface area (Å²) < 4.78 is 0.945. The number of nitrogen functional groups attached to an aromatic ring is 1. The Morgan fingerprint density at radius 1 is 1.50 bits per heavy atom. The van der Waals surface area contributed by atoms with E-state index in [-0.39, 0.29) is 11.9 Å². The van der Waals surface area contributed by atoms with Crippen LogP contribution in [0.25, 0.3) is 0 Å². The van der Waals surface area contributed by atoms with Crippen LogP contribution in [0.1, 0.15) is 26.7 Å². The minimum atomic E-state index is 0.0625. The van der Waals surface area contributed by atoms with Gasteiger partial charge in [0, 0.05) is 23.5 Å². The number of carbonyl (C=O) groups is 1. The van der Waals surface area contributed by atoms with Crippen LogP contribution in [0, 0.1) is 0 Å². The Bertz CT molecular complexity index is 409. The first-order chi connectivity index (χ1) is 8.52. The number of amides is 1. The number of halogens is 1. The Balaban J connectivity index is 2.35. The molecule has 0 aliphatic carbocycles. The molecule has 1 aromatic rings. The lowest BCUT2D eigenvalue weighted by molar-refractivity contribution is -0.121. The molecular formula is C13H20BrN3O. The van der Waals surface area contributed by atoms with Crippen molar-refractivity contribution in [1.29, 1.82) is 0 Å². The molecule has 1 aromatic carbocycles. The van der Waals surface area contributed by atoms with E-state index in [1.807, 2.05) is 32.0 Å². The standard InChI is InChI=1S/C13H20BrN3O/c1-3-9(2)17-13(18)6-7-16-12-5-4-10(14)8-11(12)15/h4-5,8-9,16H,3,6-7,15H2,1-2H3,(H,17,18). The number of hydrogen-bond acceptors (Lipinski definition) is 3. The summed E-state index contributed by atoms with van der Waals surface area (Å²) in [5, 5.41) is 6.08. The van der Waals surface area contributed by atoms with Crippen molar-refractivity contribution in [3.05, 3.63) is 22.7 Å². The lowest BCUT2D eigenvalue weighted by atomic mass is 10.2. The van der Waals surface area contributed by atoms with Gasteiger partial charge in [-0.1, -0.05) is 22.9 Å². The second-order valence-electron chi connectivity index (χ2n) is 4.29. The molecular weight excluding hydrogens is 294 g/mol. The van der Waals surface area contributed by atoms with Gasteiger partial charge in [-0.25, -0.2) is 0 Å². The molecule has 1 unspecified atom stereocenters. The molecule has 0 aliphatic heterocycles. The van der Waals surface area contributed by atoms with Crippen molar-refractivity contribution < 1.29 is 4.79 Å². The minimum Gasteiger partial charge on any atom is -0.397 e. The lowest BCUT2D eigenvalue weighted by Gasteiger charge is -2.12. The van der Waals surface area contributed by atoms with Gasteiger partial charge >= 0.3 is 0 Å². The average molecular weight is 314 g/mol. The third-order valence-corrected chi connectivity index (χ3v) is 3.19. The van der Waals surface area contributed by atoms with Crippen LogP contribution in [-0.2, 0) is 4.79 Å². The molecule has 4 nitrogen and oxygen atoms in total. The fourth-order valence-electron chi connectivity index (χ4n) is 1.45. The summed E-state index contributed by atoms with van der Waals surface area (Å²) in [6.45, 7) is 4.62. The van der Waals surface area contributed by atoms with Crippen LogP contribution in [0.4, 0.5) is 11.4 Å². The maximum Gasteiger partial charge on any atom is 0.221 e. The number of nitrogens with one attached hydrogen (secondary N) is 2. The third kappa shape index (κ3) is 4.96. The first-order valence-electron chi connectivity index (χ1n) is 6.11. The van der Waals surface area contributed by atoms with Gasteiger partial charge in [-0.15, -0.1) is 0 Å². The van der Waals surface area contributed by atoms with Crippen LogP contribution in [-0.4, -0.2) is 18.5 Å². The fourth-order valence-corrected chi connectivity index (χ4v) is 1.83. The Morgan fingerprint density at radius 2 is 2.22 bits per heavy atom. The van der Waals surface area contributed by atoms with Gasteiger partial charge in [-0.05, 0) is 31.5 Å². The Kier molecular flexibility index (Phi) is 5.98. The quantitative estimate of drug-likeness (QED) is 0.707. The third-order valence-electron chi connectivity index (χ3n) is 2.70. The van der Waals surface area contributed by atoms with Gasteiger partial charge < -0.3 is 16.4 Å². The summed E-state index contributed by atoms with van der Waals surface area (Å²) in [5.41, 5.74) is 7.38. The van der Waals surface area contributed by atoms with E-state index in [1.54, 1.807) is 0 Å². The van der Waals surface area contributed by atoms with Crippen LogP contribution in [0.2, 0.25) is 0 Å². The fraction of sp³-hybridized carbons (Fsp3) is 0.462. The molecule has 0 bridgehead atoms. The van der Waals surface area contributed by atoms with E-state index in [9.17, 15) is 4.79 Å². The number of rotatable bonds is 6. The lowest BCUT2D eigenvalue weighted by Crippen LogP contribution is -2.32. The number of carbonyl (C=O) groups excluding carboxylic acids is 1. The van der Waals surface area contributed by atoms with E-state index < -0.39 is 0 Å². The highest BCUT2D eigenvalue weighted by atomic mass is 79.9. The predicted molar refractivity (Wildman–Crippen MR) is 79.6 cm³/mol. The van der Waals surface area contributed by atoms with Crippen LogP contribution >= 0.6 is 15.9 Å². The molecule has 4 N–H and O–H groups in total. The zero-order valence-electron chi connectivity index (χ0n) is 10.8. The normalized spacial score (nSPS) is 11.9. The smallest absolute Gasteiger partial charge is 0.221 e. The van der Waals surface area contributed by atoms with E-state index in [0.29, 0.717) is 18.7 Å². The van der Waals surface area contributed by atoms with Crippen molar-refractivity contribution in [2.45, 2.75) is 32.7 Å². The molecule has 0 saturated carbocycles. The molecule has 1 atom stereocenters. The number of anilines is 2. The Labute approximate surface area is 116 Å². The molecule has 0 radical (unpaired) electrons. The molecule has 0 spiro atoms. The molecule has 100 valence electrons. The largest absolute Gasteiger partial charge is 0.397 e. The van der Waals surface area contributed by atoms with Gasteiger partial charge in [-0.3, -0.25) is 4.79 Å². The summed E-state index contributed by atoms with van der Waals surface area (Å²) in [6.07, 6.45) is 1.39. The summed E-state index contributed by atoms with van der Waals surface area (Å²) in [7, 11) is 0. The van der Waals surface area contributed by atoms with Gasteiger partial charge in [0.15, 0.2) is 0 Å². The highest BCUT2D eigenvalue weighted by Gasteiger charge is 2.05. The first kappa shape index (κ1) is 14.8. The Hall–Kier alpha value is -1.23. The maximum atomic E-state index is 11.6. The van der Waals surface area contributed by atoms with Crippen molar-refractivity contribution in [3.63, 3.8) is 0 Å². The maximum absolute atomic E-state index is 11.6. The second kappa shape index (κ2) is 7.26. The average Bonchev–Trinajstić information content (AvgIpc) is 2.31. The van der Waals surface area contributed by atoms with Gasteiger partial charge in [0.05, 0.1) is 11.4 Å². The second-order valence-corrected chi connectivity index (χ2v) is 5.20. The molecule has 1 amide bonds. The van der Waals surface area contributed by atoms with Gasteiger partial charge in [0.1, 0.15) is 0 Å². The SMILES string of the molecule is CCC(C)NC(=O)CCNc1ccc(Br)cc1N. The summed E-state index contributed by atoms with van der Waals surface area (Å²) in [4.78, 5) is 11.6. The van der Waals surface area contributed by atoms with Gasteiger partial charge in [0.2, 0.25) is 5.91 Å². The summed E-state index contributed by atoms with van der Waals surface area (Å²) in [6, 6.07) is 5.88. The van der Waals surface area contributed by atoms with Crippen LogP contribution in [0.3, 0.4) is 0 Å². The molecule has 0 aliphatic rings. The van der Waals surface area contributed by atoms with E-state index in [1.165, 1.54) is 0 Å². The van der Waals surface area contributed by atoms with Crippen molar-refractivity contribution in [1.82, 2.24) is 5.32 Å². The first-order valence-corrected chi connectivity index (χ1v) is 6.90. The number of benzene rings is 1. The van der Waals surface area contributed by atoms with Gasteiger partial charge in [-0.2, -0.15) is 0 Å². The van der Waals surface area contributed by atoms with E-state index in [4.69, 9.17) is 5.73 Å². The highest BCUT2D eigenvalue weighted by Crippen LogP contribution is 2.22. The predicted octanol–water partition coefficient (Wildman–Crippen LogP) is 2.75. The Morgan fingerprint density at radius 3 is 2.83 bits per heavy atom. The van der Waals surface area contributed by atoms with Crippen molar-refractivity contribution in [3.8, 4) is 0 Å². The number of nitrogens with two attached hydrogens (primary N) is 1. The van der Waals surface area contributed by atoms with Crippen LogP contribution in [0.15, 0.2) is 22.7 Å². The molecule has 0 saturated heterocycles. The van der Waals surface area contributed by atoms with Crippen molar-refractivity contribution in [2.75, 3.05) is 17.6 Å². The van der Waals surface area contributed by atoms with Crippen LogP contribution in [0.5, 0.6) is 0 Å².